The van der Waals surface area contributed by atoms with Crippen molar-refractivity contribution in [3.05, 3.63) is 0 Å². The molecular weight excluding hydrogens is 440 g/mol. The molecule has 0 saturated heterocycles. The Hall–Kier alpha value is -1.52. The molecule has 5 heteroatoms. The monoisotopic (exact) mass is 486 g/mol. The van der Waals surface area contributed by atoms with Crippen molar-refractivity contribution in [2.24, 2.45) is 57.7 Å². The van der Waals surface area contributed by atoms with E-state index in [1.54, 1.807) is 6.92 Å². The molecule has 5 nitrogen and oxygen atoms in total. The molecule has 196 valence electrons. The molecule has 0 amide bonds. The van der Waals surface area contributed by atoms with Gasteiger partial charge in [-0.05, 0) is 125 Å². The lowest BCUT2D eigenvalue weighted by molar-refractivity contribution is -0.173. The van der Waals surface area contributed by atoms with Crippen molar-refractivity contribution < 1.29 is 24.3 Å². The fraction of sp³-hybridized carbons (Fsp3) is 0.867. The van der Waals surface area contributed by atoms with Gasteiger partial charge in [0.25, 0.3) is 0 Å². The Balaban J connectivity index is 1.61. The fourth-order valence-electron chi connectivity index (χ4n) is 10.4. The number of hydrogen-bond donors (Lipinski definition) is 1. The number of fused-ring (bicyclic) bond motifs is 5. The van der Waals surface area contributed by atoms with Gasteiger partial charge in [-0.1, -0.05) is 20.8 Å². The topological polar surface area (TPSA) is 88.5 Å². The van der Waals surface area contributed by atoms with Crippen LogP contribution < -0.4 is 0 Å². The number of hydrogen-bond acceptors (Lipinski definition) is 4. The predicted octanol–water partition coefficient (Wildman–Crippen LogP) is 6.13. The zero-order valence-electron chi connectivity index (χ0n) is 22.7. The minimum atomic E-state index is -1.13. The van der Waals surface area contributed by atoms with Crippen molar-refractivity contribution in [3.63, 3.8) is 0 Å². The van der Waals surface area contributed by atoms with Gasteiger partial charge in [-0.25, -0.2) is 0 Å². The van der Waals surface area contributed by atoms with Crippen LogP contribution in [0.15, 0.2) is 0 Å². The maximum Gasteiger partial charge on any atom is 0.303 e. The Labute approximate surface area is 211 Å². The summed E-state index contributed by atoms with van der Waals surface area (Å²) >= 11 is 0. The lowest BCUT2D eigenvalue weighted by atomic mass is 9.40. The minimum Gasteiger partial charge on any atom is -0.481 e. The zero-order valence-corrected chi connectivity index (χ0v) is 22.7. The molecule has 4 rings (SSSR count). The highest BCUT2D eigenvalue weighted by Crippen LogP contribution is 2.70. The maximum absolute atomic E-state index is 12.9. The van der Waals surface area contributed by atoms with E-state index in [4.69, 9.17) is 0 Å². The van der Waals surface area contributed by atoms with E-state index in [9.17, 15) is 24.3 Å². The van der Waals surface area contributed by atoms with Gasteiger partial charge in [0.05, 0.1) is 5.41 Å². The van der Waals surface area contributed by atoms with Crippen molar-refractivity contribution >= 4 is 23.3 Å². The van der Waals surface area contributed by atoms with Gasteiger partial charge in [0, 0.05) is 12.3 Å². The van der Waals surface area contributed by atoms with Gasteiger partial charge in [-0.15, -0.1) is 0 Å². The molecule has 4 fully saturated rings. The standard InChI is InChI=1S/C30H46O5/c1-17(7-12-27(34)35)23-10-11-24-22-9-8-21-15-30(19(3)32,20(4)33)26(18(2)31)16-29(21,6)25(22)13-14-28(23,24)5/h17,21-26H,7-16H2,1-6H3,(H,34,35)/t17-,21+,22+,23-,24+,25+,26?,28-,29-/m1/s1. The van der Waals surface area contributed by atoms with Crippen molar-refractivity contribution in [1.82, 2.24) is 0 Å². The first-order chi connectivity index (χ1) is 16.3. The Morgan fingerprint density at radius 1 is 0.857 bits per heavy atom. The third-order valence-corrected chi connectivity index (χ3v) is 12.2. The number of carbonyl (C=O) groups excluding carboxylic acids is 3. The number of carbonyl (C=O) groups is 4. The van der Waals surface area contributed by atoms with E-state index < -0.39 is 17.3 Å². The van der Waals surface area contributed by atoms with Crippen molar-refractivity contribution in [2.45, 2.75) is 106 Å². The van der Waals surface area contributed by atoms with E-state index >= 15 is 0 Å². The number of Topliss-reactive ketones (excluding diaryl/α,β-unsaturated/α-hetero) is 3. The van der Waals surface area contributed by atoms with Gasteiger partial charge >= 0.3 is 5.97 Å². The van der Waals surface area contributed by atoms with Crippen LogP contribution >= 0.6 is 0 Å². The van der Waals surface area contributed by atoms with Crippen LogP contribution in [0.4, 0.5) is 0 Å². The first kappa shape index (κ1) is 26.5. The molecule has 1 unspecified atom stereocenters. The van der Waals surface area contributed by atoms with Gasteiger partial charge in [0.2, 0.25) is 0 Å². The Kier molecular flexibility index (Phi) is 6.90. The van der Waals surface area contributed by atoms with Crippen LogP contribution in [-0.4, -0.2) is 28.4 Å². The molecule has 0 bridgehead atoms. The van der Waals surface area contributed by atoms with E-state index in [1.165, 1.54) is 33.1 Å². The highest BCUT2D eigenvalue weighted by atomic mass is 16.4. The molecule has 0 heterocycles. The Morgan fingerprint density at radius 2 is 1.49 bits per heavy atom. The van der Waals surface area contributed by atoms with E-state index in [-0.39, 0.29) is 34.6 Å². The lowest BCUT2D eigenvalue weighted by Crippen LogP contribution is -2.60. The van der Waals surface area contributed by atoms with Crippen molar-refractivity contribution in [1.29, 1.82) is 0 Å². The van der Waals surface area contributed by atoms with Crippen LogP contribution in [0.2, 0.25) is 0 Å². The molecule has 4 saturated carbocycles. The molecule has 0 aromatic rings. The molecule has 1 N–H and O–H groups in total. The molecule has 0 aliphatic heterocycles. The van der Waals surface area contributed by atoms with Crippen LogP contribution in [0, 0.1) is 57.7 Å². The first-order valence-corrected chi connectivity index (χ1v) is 14.0. The van der Waals surface area contributed by atoms with Crippen LogP contribution in [-0.2, 0) is 19.2 Å². The summed E-state index contributed by atoms with van der Waals surface area (Å²) in [7, 11) is 0. The second-order valence-electron chi connectivity index (χ2n) is 13.5. The van der Waals surface area contributed by atoms with Gasteiger partial charge < -0.3 is 5.11 Å². The summed E-state index contributed by atoms with van der Waals surface area (Å²) < 4.78 is 0. The smallest absolute Gasteiger partial charge is 0.303 e. The molecule has 0 radical (unpaired) electrons. The largest absolute Gasteiger partial charge is 0.481 e. The molecule has 4 aliphatic rings. The normalized spacial score (nSPS) is 42.8. The van der Waals surface area contributed by atoms with Gasteiger partial charge in [-0.3, -0.25) is 19.2 Å². The minimum absolute atomic E-state index is 0.00830. The van der Waals surface area contributed by atoms with Crippen LogP contribution in [0.3, 0.4) is 0 Å². The lowest BCUT2D eigenvalue weighted by Gasteiger charge is -2.63. The molecule has 0 spiro atoms. The van der Waals surface area contributed by atoms with Crippen molar-refractivity contribution in [3.8, 4) is 0 Å². The number of aliphatic carboxylic acids is 1. The van der Waals surface area contributed by atoms with Gasteiger partial charge in [0.1, 0.15) is 17.3 Å². The predicted molar refractivity (Wildman–Crippen MR) is 135 cm³/mol. The summed E-state index contributed by atoms with van der Waals surface area (Å²) in [6.07, 6.45) is 9.13. The average molecular weight is 487 g/mol. The zero-order chi connectivity index (χ0) is 25.9. The summed E-state index contributed by atoms with van der Waals surface area (Å²) in [5, 5.41) is 9.19. The van der Waals surface area contributed by atoms with Crippen molar-refractivity contribution in [2.75, 3.05) is 0 Å². The molecule has 0 aromatic carbocycles. The Morgan fingerprint density at radius 3 is 2.06 bits per heavy atom. The molecule has 4 aliphatic carbocycles. The van der Waals surface area contributed by atoms with Crippen LogP contribution in [0.1, 0.15) is 106 Å². The van der Waals surface area contributed by atoms with Crippen LogP contribution in [0.5, 0.6) is 0 Å². The average Bonchev–Trinajstić information content (AvgIpc) is 3.13. The van der Waals surface area contributed by atoms with E-state index in [0.29, 0.717) is 48.3 Å². The second-order valence-corrected chi connectivity index (χ2v) is 13.5. The van der Waals surface area contributed by atoms with Gasteiger partial charge in [0.15, 0.2) is 0 Å². The highest BCUT2D eigenvalue weighted by molar-refractivity contribution is 6.09. The summed E-state index contributed by atoms with van der Waals surface area (Å²) in [5.74, 6) is 1.67. The van der Waals surface area contributed by atoms with E-state index in [1.807, 2.05) is 0 Å². The van der Waals surface area contributed by atoms with E-state index in [0.717, 1.165) is 25.7 Å². The molecule has 0 aromatic heterocycles. The summed E-state index contributed by atoms with van der Waals surface area (Å²) in [6, 6.07) is 0. The summed E-state index contributed by atoms with van der Waals surface area (Å²) in [6.45, 7) is 11.7. The van der Waals surface area contributed by atoms with Gasteiger partial charge in [-0.2, -0.15) is 0 Å². The number of carboxylic acid groups (broad SMARTS) is 1. The molecule has 35 heavy (non-hydrogen) atoms. The summed E-state index contributed by atoms with van der Waals surface area (Å²) in [4.78, 5) is 49.9. The highest BCUT2D eigenvalue weighted by Gasteiger charge is 2.65. The van der Waals surface area contributed by atoms with Crippen LogP contribution in [0.25, 0.3) is 0 Å². The summed E-state index contributed by atoms with van der Waals surface area (Å²) in [5.41, 5.74) is -0.883. The third kappa shape index (κ3) is 3.94. The Bertz CT molecular complexity index is 892. The molecular formula is C30H46O5. The molecule has 9 atom stereocenters. The third-order valence-electron chi connectivity index (χ3n) is 12.2. The SMILES string of the molecule is CC(=O)C1C[C@]2(C)[C@@H](CC[C@@H]3[C@@H]2CC[C@]2(C)[C@@H]([C@H](C)CCC(=O)O)CC[C@@H]32)CC1(C(C)=O)C(C)=O. The quantitative estimate of drug-likeness (QED) is 0.438. The number of rotatable bonds is 7. The maximum atomic E-state index is 12.9. The number of ketones is 3. The fourth-order valence-corrected chi connectivity index (χ4v) is 10.4. The first-order valence-electron chi connectivity index (χ1n) is 14.0. The van der Waals surface area contributed by atoms with E-state index in [2.05, 4.69) is 20.8 Å². The number of carboxylic acids is 1. The second kappa shape index (κ2) is 9.10.